The molecule has 0 unspecified atom stereocenters. The number of carboxylic acids is 1. The molecule has 1 amide bonds. The Morgan fingerprint density at radius 1 is 1.21 bits per heavy atom. The second-order valence-corrected chi connectivity index (χ2v) is 6.32. The van der Waals surface area contributed by atoms with E-state index in [1.54, 1.807) is 48.5 Å². The number of aromatic carboxylic acids is 1. The van der Waals surface area contributed by atoms with E-state index in [1.165, 1.54) is 6.07 Å². The highest BCUT2D eigenvalue weighted by molar-refractivity contribution is 8.18. The van der Waals surface area contributed by atoms with Crippen molar-refractivity contribution in [2.75, 3.05) is 0 Å². The number of amides is 1. The Morgan fingerprint density at radius 3 is 2.75 bits per heavy atom. The van der Waals surface area contributed by atoms with Crippen LogP contribution in [0.25, 0.3) is 6.08 Å². The fourth-order valence-corrected chi connectivity index (χ4v) is 3.12. The number of carbonyl (C=O) groups excluding carboxylic acids is 1. The van der Waals surface area contributed by atoms with Gasteiger partial charge in [-0.25, -0.2) is 9.79 Å². The molecule has 120 valence electrons. The van der Waals surface area contributed by atoms with Gasteiger partial charge in [0.15, 0.2) is 5.17 Å². The molecule has 0 spiro atoms. The number of halogens is 1. The highest BCUT2D eigenvalue weighted by Gasteiger charge is 2.24. The molecule has 3 rings (SSSR count). The van der Waals surface area contributed by atoms with Gasteiger partial charge in [-0.05, 0) is 47.7 Å². The smallest absolute Gasteiger partial charge is 0.336 e. The summed E-state index contributed by atoms with van der Waals surface area (Å²) in [5.74, 6) is -1.36. The molecule has 1 fully saturated rings. The van der Waals surface area contributed by atoms with Crippen molar-refractivity contribution in [2.45, 2.75) is 0 Å². The topological polar surface area (TPSA) is 78.8 Å². The van der Waals surface area contributed by atoms with Crippen LogP contribution in [0.15, 0.2) is 58.4 Å². The molecular formula is C17H11ClN2O3S. The second-order valence-electron chi connectivity index (χ2n) is 4.85. The number of rotatable bonds is 3. The molecule has 0 saturated carbocycles. The molecule has 0 bridgehead atoms. The summed E-state index contributed by atoms with van der Waals surface area (Å²) in [6, 6.07) is 13.5. The number of carboxylic acid groups (broad SMARTS) is 1. The van der Waals surface area contributed by atoms with Crippen molar-refractivity contribution in [1.29, 1.82) is 0 Å². The lowest BCUT2D eigenvalue weighted by atomic mass is 10.1. The predicted molar refractivity (Wildman–Crippen MR) is 95.7 cm³/mol. The van der Waals surface area contributed by atoms with E-state index >= 15 is 0 Å². The SMILES string of the molecule is O=C1NC(=Nc2cccc(Cl)c2)S/C1=C/c1ccccc1C(=O)O. The third kappa shape index (κ3) is 3.67. The Labute approximate surface area is 147 Å². The van der Waals surface area contributed by atoms with Crippen molar-refractivity contribution in [2.24, 2.45) is 4.99 Å². The van der Waals surface area contributed by atoms with Crippen molar-refractivity contribution in [3.05, 3.63) is 69.6 Å². The minimum atomic E-state index is -1.04. The number of hydrogen-bond donors (Lipinski definition) is 2. The first kappa shape index (κ1) is 16.3. The number of aliphatic imine (C=N–C) groups is 1. The first-order valence-electron chi connectivity index (χ1n) is 6.90. The lowest BCUT2D eigenvalue weighted by Crippen LogP contribution is -2.19. The summed E-state index contributed by atoms with van der Waals surface area (Å²) < 4.78 is 0. The van der Waals surface area contributed by atoms with Gasteiger partial charge in [0.2, 0.25) is 0 Å². The maximum absolute atomic E-state index is 12.1. The first-order valence-corrected chi connectivity index (χ1v) is 8.10. The van der Waals surface area contributed by atoms with Crippen LogP contribution in [0.3, 0.4) is 0 Å². The van der Waals surface area contributed by atoms with Crippen molar-refractivity contribution in [3.8, 4) is 0 Å². The molecule has 1 aliphatic rings. The van der Waals surface area contributed by atoms with Gasteiger partial charge in [0.1, 0.15) is 0 Å². The van der Waals surface area contributed by atoms with Crippen LogP contribution in [0.4, 0.5) is 5.69 Å². The van der Waals surface area contributed by atoms with E-state index < -0.39 is 5.97 Å². The van der Waals surface area contributed by atoms with Gasteiger partial charge in [-0.2, -0.15) is 0 Å². The number of benzene rings is 2. The number of carbonyl (C=O) groups is 2. The summed E-state index contributed by atoms with van der Waals surface area (Å²) >= 11 is 7.06. The molecule has 1 heterocycles. The highest BCUT2D eigenvalue weighted by Crippen LogP contribution is 2.29. The summed E-state index contributed by atoms with van der Waals surface area (Å²) in [6.07, 6.45) is 1.55. The van der Waals surface area contributed by atoms with Gasteiger partial charge >= 0.3 is 5.97 Å². The Kier molecular flexibility index (Phi) is 4.69. The second kappa shape index (κ2) is 6.90. The van der Waals surface area contributed by atoms with Crippen LogP contribution in [-0.2, 0) is 4.79 Å². The molecule has 24 heavy (non-hydrogen) atoms. The number of amidine groups is 1. The maximum Gasteiger partial charge on any atom is 0.336 e. The zero-order valence-corrected chi connectivity index (χ0v) is 13.8. The van der Waals surface area contributed by atoms with Crippen LogP contribution in [0.5, 0.6) is 0 Å². The lowest BCUT2D eigenvalue weighted by Gasteiger charge is -2.00. The van der Waals surface area contributed by atoms with Crippen LogP contribution >= 0.6 is 23.4 Å². The Morgan fingerprint density at radius 2 is 2.00 bits per heavy atom. The molecule has 0 atom stereocenters. The average Bonchev–Trinajstić information content (AvgIpc) is 2.87. The quantitative estimate of drug-likeness (QED) is 0.815. The molecule has 1 saturated heterocycles. The molecule has 2 N–H and O–H groups in total. The fraction of sp³-hybridized carbons (Fsp3) is 0. The Balaban J connectivity index is 1.89. The summed E-state index contributed by atoms with van der Waals surface area (Å²) in [6.45, 7) is 0. The van der Waals surface area contributed by atoms with E-state index in [-0.39, 0.29) is 11.5 Å². The molecule has 5 nitrogen and oxygen atoms in total. The van der Waals surface area contributed by atoms with Gasteiger partial charge in [0.05, 0.1) is 16.2 Å². The molecule has 2 aromatic carbocycles. The molecule has 2 aromatic rings. The van der Waals surface area contributed by atoms with Crippen LogP contribution in [-0.4, -0.2) is 22.2 Å². The molecule has 0 aromatic heterocycles. The van der Waals surface area contributed by atoms with Crippen LogP contribution in [0.1, 0.15) is 15.9 Å². The Hall–Kier alpha value is -2.57. The van der Waals surface area contributed by atoms with Gasteiger partial charge in [0.25, 0.3) is 5.91 Å². The maximum atomic E-state index is 12.1. The van der Waals surface area contributed by atoms with Crippen LogP contribution in [0.2, 0.25) is 5.02 Å². The van der Waals surface area contributed by atoms with Crippen LogP contribution < -0.4 is 5.32 Å². The van der Waals surface area contributed by atoms with Gasteiger partial charge in [-0.1, -0.05) is 35.9 Å². The summed E-state index contributed by atoms with van der Waals surface area (Å²) in [4.78, 5) is 28.0. The van der Waals surface area contributed by atoms with Crippen molar-refractivity contribution >= 4 is 52.2 Å². The zero-order valence-electron chi connectivity index (χ0n) is 12.2. The zero-order chi connectivity index (χ0) is 17.1. The number of nitrogens with zero attached hydrogens (tertiary/aromatic N) is 1. The average molecular weight is 359 g/mol. The number of hydrogen-bond acceptors (Lipinski definition) is 4. The van der Waals surface area contributed by atoms with E-state index in [1.807, 2.05) is 0 Å². The standard InChI is InChI=1S/C17H11ClN2O3S/c18-11-5-3-6-12(9-11)19-17-20-15(21)14(24-17)8-10-4-1-2-7-13(10)16(22)23/h1-9H,(H,22,23)(H,19,20,21)/b14-8+. The van der Waals surface area contributed by atoms with E-state index in [0.717, 1.165) is 11.8 Å². The normalized spacial score (nSPS) is 17.3. The number of thioether (sulfide) groups is 1. The van der Waals surface area contributed by atoms with Crippen LogP contribution in [0, 0.1) is 0 Å². The van der Waals surface area contributed by atoms with Crippen molar-refractivity contribution < 1.29 is 14.7 Å². The fourth-order valence-electron chi connectivity index (χ4n) is 2.10. The molecule has 1 aliphatic heterocycles. The number of nitrogens with one attached hydrogen (secondary N) is 1. The van der Waals surface area contributed by atoms with E-state index in [0.29, 0.717) is 26.3 Å². The molecular weight excluding hydrogens is 348 g/mol. The van der Waals surface area contributed by atoms with E-state index in [4.69, 9.17) is 11.6 Å². The lowest BCUT2D eigenvalue weighted by molar-refractivity contribution is -0.115. The monoisotopic (exact) mass is 358 g/mol. The Bertz CT molecular complexity index is 893. The summed E-state index contributed by atoms with van der Waals surface area (Å²) in [5.41, 5.74) is 1.22. The summed E-state index contributed by atoms with van der Waals surface area (Å²) in [7, 11) is 0. The predicted octanol–water partition coefficient (Wildman–Crippen LogP) is 3.93. The van der Waals surface area contributed by atoms with E-state index in [9.17, 15) is 14.7 Å². The molecule has 7 heteroatoms. The van der Waals surface area contributed by atoms with E-state index in [2.05, 4.69) is 10.3 Å². The highest BCUT2D eigenvalue weighted by atomic mass is 35.5. The van der Waals surface area contributed by atoms with Crippen molar-refractivity contribution in [1.82, 2.24) is 5.32 Å². The molecule has 0 radical (unpaired) electrons. The largest absolute Gasteiger partial charge is 0.478 e. The minimum Gasteiger partial charge on any atom is -0.478 e. The van der Waals surface area contributed by atoms with Gasteiger partial charge < -0.3 is 10.4 Å². The minimum absolute atomic E-state index is 0.138. The third-order valence-electron chi connectivity index (χ3n) is 3.17. The van der Waals surface area contributed by atoms with Gasteiger partial charge in [-0.3, -0.25) is 4.79 Å². The third-order valence-corrected chi connectivity index (χ3v) is 4.31. The van der Waals surface area contributed by atoms with Gasteiger partial charge in [-0.15, -0.1) is 0 Å². The molecule has 0 aliphatic carbocycles. The first-order chi connectivity index (χ1) is 11.5. The van der Waals surface area contributed by atoms with Gasteiger partial charge in [0, 0.05) is 5.02 Å². The van der Waals surface area contributed by atoms with Crippen molar-refractivity contribution in [3.63, 3.8) is 0 Å². The summed E-state index contributed by atoms with van der Waals surface area (Å²) in [5, 5.41) is 12.8.